The summed E-state index contributed by atoms with van der Waals surface area (Å²) in [5.41, 5.74) is 0. The van der Waals surface area contributed by atoms with Crippen LogP contribution in [0, 0.1) is 17.8 Å². The minimum atomic E-state index is -3.96. The Morgan fingerprint density at radius 3 is 2.29 bits per heavy atom. The van der Waals surface area contributed by atoms with Crippen LogP contribution in [0.25, 0.3) is 0 Å². The third kappa shape index (κ3) is 4.08. The molecule has 1 atom stereocenters. The van der Waals surface area contributed by atoms with Crippen molar-refractivity contribution in [3.8, 4) is 0 Å². The smallest absolute Gasteiger partial charge is 0.324 e. The Morgan fingerprint density at radius 2 is 1.88 bits per heavy atom. The van der Waals surface area contributed by atoms with Gasteiger partial charge in [0.1, 0.15) is 0 Å². The Kier molecular flexibility index (Phi) is 4.85. The molecule has 0 aromatic rings. The van der Waals surface area contributed by atoms with Gasteiger partial charge in [-0.3, -0.25) is 4.57 Å². The first-order valence-electron chi connectivity index (χ1n) is 6.69. The summed E-state index contributed by atoms with van der Waals surface area (Å²) < 4.78 is 11.3. The monoisotopic (exact) mass is 262 g/mol. The van der Waals surface area contributed by atoms with Crippen molar-refractivity contribution < 1.29 is 14.4 Å². The van der Waals surface area contributed by atoms with E-state index in [1.807, 2.05) is 0 Å². The van der Waals surface area contributed by atoms with Crippen LogP contribution in [0.4, 0.5) is 0 Å². The van der Waals surface area contributed by atoms with Gasteiger partial charge in [0.05, 0.1) is 5.16 Å². The van der Waals surface area contributed by atoms with Crippen molar-refractivity contribution in [2.45, 2.75) is 65.0 Å². The molecule has 2 N–H and O–H groups in total. The van der Waals surface area contributed by atoms with Crippen LogP contribution in [-0.2, 0) is 4.57 Å². The summed E-state index contributed by atoms with van der Waals surface area (Å²) in [4.78, 5) is 18.4. The van der Waals surface area contributed by atoms with Crippen LogP contribution in [0.5, 0.6) is 0 Å². The molecule has 0 amide bonds. The second-order valence-electron chi connectivity index (χ2n) is 6.56. The molecule has 0 bridgehead atoms. The molecule has 1 rings (SSSR count). The van der Waals surface area contributed by atoms with E-state index < -0.39 is 12.8 Å². The summed E-state index contributed by atoms with van der Waals surface area (Å²) in [6.45, 7) is 7.91. The first-order chi connectivity index (χ1) is 7.63. The molecule has 4 heteroatoms. The quantitative estimate of drug-likeness (QED) is 0.716. The fourth-order valence-corrected chi connectivity index (χ4v) is 3.12. The van der Waals surface area contributed by atoms with Crippen molar-refractivity contribution in [3.05, 3.63) is 0 Å². The molecule has 102 valence electrons. The average Bonchev–Trinajstić information content (AvgIpc) is 2.10. The van der Waals surface area contributed by atoms with Gasteiger partial charge in [-0.15, -0.1) is 0 Å². The van der Waals surface area contributed by atoms with Gasteiger partial charge in [0, 0.05) is 0 Å². The van der Waals surface area contributed by atoms with E-state index in [1.54, 1.807) is 13.8 Å². The van der Waals surface area contributed by atoms with Crippen LogP contribution in [0.2, 0.25) is 0 Å². The van der Waals surface area contributed by atoms with Crippen LogP contribution < -0.4 is 0 Å². The lowest BCUT2D eigenvalue weighted by molar-refractivity contribution is 0.137. The highest BCUT2D eigenvalue weighted by molar-refractivity contribution is 7.53. The van der Waals surface area contributed by atoms with E-state index in [0.29, 0.717) is 12.3 Å². The molecule has 0 spiro atoms. The molecule has 0 aromatic carbocycles. The summed E-state index contributed by atoms with van der Waals surface area (Å²) in [7, 11) is -3.96. The topological polar surface area (TPSA) is 57.5 Å². The molecule has 0 aromatic heterocycles. The van der Waals surface area contributed by atoms with E-state index in [1.165, 1.54) is 12.8 Å². The molecule has 0 aliphatic heterocycles. The van der Waals surface area contributed by atoms with E-state index in [2.05, 4.69) is 13.8 Å². The fraction of sp³-hybridized carbons (Fsp3) is 1.00. The average molecular weight is 262 g/mol. The molecule has 17 heavy (non-hydrogen) atoms. The van der Waals surface area contributed by atoms with Crippen LogP contribution in [0.3, 0.4) is 0 Å². The van der Waals surface area contributed by atoms with Gasteiger partial charge in [-0.25, -0.2) is 0 Å². The van der Waals surface area contributed by atoms with Crippen LogP contribution in [-0.4, -0.2) is 14.9 Å². The van der Waals surface area contributed by atoms with Crippen LogP contribution in [0.15, 0.2) is 0 Å². The Morgan fingerprint density at radius 1 is 1.35 bits per heavy atom. The van der Waals surface area contributed by atoms with E-state index in [0.717, 1.165) is 24.7 Å². The minimum Gasteiger partial charge on any atom is -0.324 e. The number of hydrogen-bond acceptors (Lipinski definition) is 1. The molecule has 0 heterocycles. The van der Waals surface area contributed by atoms with Gasteiger partial charge in [0.25, 0.3) is 0 Å². The Balaban J connectivity index is 2.26. The standard InChI is InChI=1S/C13H27O3P/c1-10-8-12(9-10)11(2)6-5-7-13(3,4)17(14,15)16/h10-12H,5-9H2,1-4H3,(H2,14,15,16)/t10?,11-,12?/m1/s1. The molecule has 0 unspecified atom stereocenters. The summed E-state index contributed by atoms with van der Waals surface area (Å²) in [5.74, 6) is 2.44. The lowest BCUT2D eigenvalue weighted by Gasteiger charge is -2.37. The Bertz CT molecular complexity index is 289. The second kappa shape index (κ2) is 5.42. The molecule has 1 fully saturated rings. The van der Waals surface area contributed by atoms with E-state index in [-0.39, 0.29) is 0 Å². The zero-order chi connectivity index (χ0) is 13.3. The fourth-order valence-electron chi connectivity index (χ4n) is 2.67. The maximum atomic E-state index is 11.3. The molecule has 1 aliphatic rings. The predicted molar refractivity (Wildman–Crippen MR) is 71.0 cm³/mol. The highest BCUT2D eigenvalue weighted by Gasteiger charge is 2.37. The van der Waals surface area contributed by atoms with E-state index >= 15 is 0 Å². The van der Waals surface area contributed by atoms with E-state index in [9.17, 15) is 14.4 Å². The van der Waals surface area contributed by atoms with Gasteiger partial charge in [-0.2, -0.15) is 0 Å². The molecule has 1 saturated carbocycles. The third-order valence-electron chi connectivity index (χ3n) is 4.45. The lowest BCUT2D eigenvalue weighted by atomic mass is 9.69. The molecule has 3 nitrogen and oxygen atoms in total. The summed E-state index contributed by atoms with van der Waals surface area (Å²) in [6.07, 6.45) is 5.31. The van der Waals surface area contributed by atoms with Crippen molar-refractivity contribution in [2.24, 2.45) is 17.8 Å². The zero-order valence-electron chi connectivity index (χ0n) is 11.5. The zero-order valence-corrected chi connectivity index (χ0v) is 12.4. The second-order valence-corrected chi connectivity index (χ2v) is 8.86. The normalized spacial score (nSPS) is 27.6. The summed E-state index contributed by atoms with van der Waals surface area (Å²) in [5, 5.41) is -0.861. The van der Waals surface area contributed by atoms with Gasteiger partial charge >= 0.3 is 7.60 Å². The van der Waals surface area contributed by atoms with Crippen molar-refractivity contribution >= 4 is 7.60 Å². The van der Waals surface area contributed by atoms with Gasteiger partial charge in [-0.05, 0) is 50.9 Å². The maximum Gasteiger partial charge on any atom is 0.331 e. The van der Waals surface area contributed by atoms with Gasteiger partial charge in [0.2, 0.25) is 0 Å². The largest absolute Gasteiger partial charge is 0.331 e. The maximum absolute atomic E-state index is 11.3. The van der Waals surface area contributed by atoms with Crippen molar-refractivity contribution in [2.75, 3.05) is 0 Å². The third-order valence-corrected chi connectivity index (χ3v) is 6.25. The van der Waals surface area contributed by atoms with Gasteiger partial charge in [0.15, 0.2) is 0 Å². The van der Waals surface area contributed by atoms with Gasteiger partial charge < -0.3 is 9.79 Å². The first kappa shape index (κ1) is 15.2. The first-order valence-corrected chi connectivity index (χ1v) is 8.30. The molecular formula is C13H27O3P. The van der Waals surface area contributed by atoms with Crippen LogP contribution in [0.1, 0.15) is 59.8 Å². The Hall–Kier alpha value is 0.150. The van der Waals surface area contributed by atoms with Crippen molar-refractivity contribution in [1.29, 1.82) is 0 Å². The molecule has 0 radical (unpaired) electrons. The van der Waals surface area contributed by atoms with Crippen LogP contribution >= 0.6 is 7.60 Å². The highest BCUT2D eigenvalue weighted by atomic mass is 31.2. The summed E-state index contributed by atoms with van der Waals surface area (Å²) >= 11 is 0. The minimum absolute atomic E-state index is 0.615. The van der Waals surface area contributed by atoms with E-state index in [4.69, 9.17) is 0 Å². The predicted octanol–water partition coefficient (Wildman–Crippen LogP) is 3.80. The lowest BCUT2D eigenvalue weighted by Crippen LogP contribution is -2.27. The SMILES string of the molecule is CC1CC([C@H](C)CCCC(C)(C)P(=O)(O)O)C1. The Labute approximate surface area is 105 Å². The highest BCUT2D eigenvalue weighted by Crippen LogP contribution is 2.52. The van der Waals surface area contributed by atoms with Crippen molar-refractivity contribution in [1.82, 2.24) is 0 Å². The number of hydrogen-bond donors (Lipinski definition) is 2. The molecule has 1 aliphatic carbocycles. The number of rotatable bonds is 6. The molecular weight excluding hydrogens is 235 g/mol. The van der Waals surface area contributed by atoms with Crippen molar-refractivity contribution in [3.63, 3.8) is 0 Å². The molecule has 0 saturated heterocycles. The summed E-state index contributed by atoms with van der Waals surface area (Å²) in [6, 6.07) is 0. The van der Waals surface area contributed by atoms with Gasteiger partial charge in [-0.1, -0.05) is 26.7 Å².